The second-order valence-corrected chi connectivity index (χ2v) is 7.30. The lowest BCUT2D eigenvalue weighted by molar-refractivity contribution is -0.137. The van der Waals surface area contributed by atoms with Gasteiger partial charge < -0.3 is 15.0 Å². The Hall–Kier alpha value is -2.64. The zero-order valence-electron chi connectivity index (χ0n) is 15.7. The summed E-state index contributed by atoms with van der Waals surface area (Å²) >= 11 is 0. The molecule has 2 atom stereocenters. The van der Waals surface area contributed by atoms with Crippen molar-refractivity contribution in [1.29, 1.82) is 0 Å². The fourth-order valence-corrected chi connectivity index (χ4v) is 3.67. The Morgan fingerprint density at radius 1 is 1.17 bits per heavy atom. The topological polar surface area (TPSA) is 50.1 Å². The molecule has 4 rings (SSSR count). The van der Waals surface area contributed by atoms with E-state index in [9.17, 15) is 18.3 Å². The first kappa shape index (κ1) is 19.7. The Morgan fingerprint density at radius 2 is 2.00 bits per heavy atom. The number of nitrogens with zero attached hydrogens (tertiary/aromatic N) is 2. The summed E-state index contributed by atoms with van der Waals surface area (Å²) in [5.74, 6) is 0. The molecule has 1 aliphatic rings. The lowest BCUT2D eigenvalue weighted by Crippen LogP contribution is -2.43. The van der Waals surface area contributed by atoms with Crippen LogP contribution in [0.4, 0.5) is 13.2 Å². The van der Waals surface area contributed by atoms with Crippen molar-refractivity contribution in [1.82, 2.24) is 14.9 Å². The second kappa shape index (κ2) is 8.00. The number of aliphatic hydroxyl groups is 1. The van der Waals surface area contributed by atoms with Gasteiger partial charge in [0.15, 0.2) is 0 Å². The molecule has 0 bridgehead atoms. The average molecular weight is 401 g/mol. The number of benzene rings is 2. The normalized spacial score (nSPS) is 20.6. The summed E-state index contributed by atoms with van der Waals surface area (Å²) in [4.78, 5) is 4.37. The molecule has 0 radical (unpaired) electrons. The van der Waals surface area contributed by atoms with Crippen LogP contribution in [-0.4, -0.2) is 33.3 Å². The molecule has 1 aliphatic heterocycles. The van der Waals surface area contributed by atoms with Crippen molar-refractivity contribution in [2.45, 2.75) is 37.7 Å². The minimum absolute atomic E-state index is 0.0563. The van der Waals surface area contributed by atoms with Gasteiger partial charge in [-0.15, -0.1) is 0 Å². The van der Waals surface area contributed by atoms with Crippen LogP contribution in [-0.2, 0) is 12.7 Å². The maximum atomic E-state index is 13.0. The van der Waals surface area contributed by atoms with E-state index >= 15 is 0 Å². The van der Waals surface area contributed by atoms with E-state index in [2.05, 4.69) is 10.3 Å². The molecule has 0 aliphatic carbocycles. The van der Waals surface area contributed by atoms with Crippen LogP contribution < -0.4 is 5.32 Å². The van der Waals surface area contributed by atoms with Crippen LogP contribution in [0.2, 0.25) is 0 Å². The third kappa shape index (κ3) is 4.36. The number of aromatic nitrogens is 2. The highest BCUT2D eigenvalue weighted by Gasteiger charge is 2.30. The van der Waals surface area contributed by atoms with Crippen molar-refractivity contribution in [3.63, 3.8) is 0 Å². The van der Waals surface area contributed by atoms with Gasteiger partial charge in [-0.1, -0.05) is 30.4 Å². The predicted molar refractivity (Wildman–Crippen MR) is 106 cm³/mol. The molecule has 2 N–H and O–H groups in total. The van der Waals surface area contributed by atoms with Crippen molar-refractivity contribution < 1.29 is 18.3 Å². The molecular weight excluding hydrogens is 379 g/mol. The van der Waals surface area contributed by atoms with Crippen LogP contribution in [0.25, 0.3) is 22.2 Å². The largest absolute Gasteiger partial charge is 0.416 e. The Balaban J connectivity index is 1.58. The highest BCUT2D eigenvalue weighted by Crippen LogP contribution is 2.33. The van der Waals surface area contributed by atoms with Gasteiger partial charge in [0.25, 0.3) is 0 Å². The van der Waals surface area contributed by atoms with Crippen molar-refractivity contribution in [3.05, 3.63) is 66.5 Å². The number of piperidine rings is 1. The SMILES string of the molecule is O[C@H]1CCCN[C@@H]1/C=C/Cn1cnc2ccc(-c3cccc(C(F)(F)F)c3)cc21. The first-order valence-electron chi connectivity index (χ1n) is 9.62. The fraction of sp³-hybridized carbons (Fsp3) is 0.318. The van der Waals surface area contributed by atoms with E-state index in [-0.39, 0.29) is 12.1 Å². The number of allylic oxidation sites excluding steroid dienone is 1. The van der Waals surface area contributed by atoms with Crippen LogP contribution >= 0.6 is 0 Å². The Labute approximate surface area is 166 Å². The molecule has 2 aromatic carbocycles. The highest BCUT2D eigenvalue weighted by molar-refractivity contribution is 5.82. The van der Waals surface area contributed by atoms with Crippen LogP contribution in [0.1, 0.15) is 18.4 Å². The predicted octanol–water partition coefficient (Wildman–Crippen LogP) is 4.39. The second-order valence-electron chi connectivity index (χ2n) is 7.30. The number of nitrogens with one attached hydrogen (secondary N) is 1. The maximum Gasteiger partial charge on any atom is 0.416 e. The van der Waals surface area contributed by atoms with Gasteiger partial charge in [-0.25, -0.2) is 4.98 Å². The number of aliphatic hydroxyl groups excluding tert-OH is 1. The van der Waals surface area contributed by atoms with Crippen LogP contribution in [0.15, 0.2) is 60.9 Å². The third-order valence-corrected chi connectivity index (χ3v) is 5.26. The lowest BCUT2D eigenvalue weighted by Gasteiger charge is -2.26. The summed E-state index contributed by atoms with van der Waals surface area (Å²) in [7, 11) is 0. The number of hydrogen-bond donors (Lipinski definition) is 2. The van der Waals surface area contributed by atoms with Crippen molar-refractivity contribution in [2.24, 2.45) is 0 Å². The molecular formula is C22H22F3N3O. The first-order valence-corrected chi connectivity index (χ1v) is 9.62. The smallest absolute Gasteiger partial charge is 0.391 e. The van der Waals surface area contributed by atoms with E-state index in [1.807, 2.05) is 28.9 Å². The molecule has 1 aromatic heterocycles. The van der Waals surface area contributed by atoms with Crippen molar-refractivity contribution in [3.8, 4) is 11.1 Å². The standard InChI is InChI=1S/C22H22F3N3O/c23-22(24,25)17-5-1-4-15(12-17)16-8-9-18-20(13-16)28(14-27-18)11-3-6-19-21(29)7-2-10-26-19/h1,3-6,8-9,12-14,19,21,26,29H,2,7,10-11H2/b6-3+/t19-,21+/m1/s1. The minimum Gasteiger partial charge on any atom is -0.391 e. The Bertz CT molecular complexity index is 1030. The Kier molecular flexibility index (Phi) is 5.43. The summed E-state index contributed by atoms with van der Waals surface area (Å²) in [5, 5.41) is 13.3. The van der Waals surface area contributed by atoms with Gasteiger partial charge in [0.05, 0.1) is 35.1 Å². The number of rotatable bonds is 4. The third-order valence-electron chi connectivity index (χ3n) is 5.26. The first-order chi connectivity index (χ1) is 13.9. The summed E-state index contributed by atoms with van der Waals surface area (Å²) in [5.41, 5.74) is 2.19. The van der Waals surface area contributed by atoms with Gasteiger partial charge in [-0.05, 0) is 54.8 Å². The number of imidazole rings is 1. The molecule has 2 heterocycles. The van der Waals surface area contributed by atoms with Gasteiger partial charge >= 0.3 is 6.18 Å². The number of halogens is 3. The lowest BCUT2D eigenvalue weighted by atomic mass is 10.0. The number of hydrogen-bond acceptors (Lipinski definition) is 3. The van der Waals surface area contributed by atoms with Crippen LogP contribution in [0.5, 0.6) is 0 Å². The minimum atomic E-state index is -4.37. The number of alkyl halides is 3. The zero-order chi connectivity index (χ0) is 20.4. The molecule has 152 valence electrons. The van der Waals surface area contributed by atoms with E-state index < -0.39 is 11.7 Å². The van der Waals surface area contributed by atoms with Crippen molar-refractivity contribution >= 4 is 11.0 Å². The number of fused-ring (bicyclic) bond motifs is 1. The van der Waals surface area contributed by atoms with Crippen LogP contribution in [0, 0.1) is 0 Å². The maximum absolute atomic E-state index is 13.0. The summed E-state index contributed by atoms with van der Waals surface area (Å²) in [6.45, 7) is 1.45. The molecule has 0 unspecified atom stereocenters. The molecule has 3 aromatic rings. The Morgan fingerprint density at radius 3 is 2.79 bits per heavy atom. The summed E-state index contributed by atoms with van der Waals surface area (Å²) < 4.78 is 41.0. The summed E-state index contributed by atoms with van der Waals surface area (Å²) in [6, 6.07) is 10.7. The molecule has 1 saturated heterocycles. The highest BCUT2D eigenvalue weighted by atomic mass is 19.4. The monoisotopic (exact) mass is 401 g/mol. The van der Waals surface area contributed by atoms with E-state index in [1.54, 1.807) is 18.5 Å². The van der Waals surface area contributed by atoms with Gasteiger partial charge in [0, 0.05) is 6.54 Å². The van der Waals surface area contributed by atoms with E-state index in [0.717, 1.165) is 42.6 Å². The fourth-order valence-electron chi connectivity index (χ4n) is 3.67. The summed E-state index contributed by atoms with van der Waals surface area (Å²) in [6.07, 6.45) is 2.66. The van der Waals surface area contributed by atoms with Gasteiger partial charge in [-0.2, -0.15) is 13.2 Å². The molecule has 0 amide bonds. The van der Waals surface area contributed by atoms with Gasteiger partial charge in [-0.3, -0.25) is 0 Å². The van der Waals surface area contributed by atoms with Gasteiger partial charge in [0.2, 0.25) is 0 Å². The molecule has 4 nitrogen and oxygen atoms in total. The molecule has 1 fully saturated rings. The van der Waals surface area contributed by atoms with E-state index in [1.165, 1.54) is 6.07 Å². The van der Waals surface area contributed by atoms with Gasteiger partial charge in [0.1, 0.15) is 0 Å². The quantitative estimate of drug-likeness (QED) is 0.638. The zero-order valence-corrected chi connectivity index (χ0v) is 15.7. The molecule has 7 heteroatoms. The van der Waals surface area contributed by atoms with E-state index in [0.29, 0.717) is 17.7 Å². The molecule has 29 heavy (non-hydrogen) atoms. The van der Waals surface area contributed by atoms with Crippen LogP contribution in [0.3, 0.4) is 0 Å². The molecule has 0 saturated carbocycles. The molecule has 0 spiro atoms. The van der Waals surface area contributed by atoms with E-state index in [4.69, 9.17) is 0 Å². The van der Waals surface area contributed by atoms with Crippen molar-refractivity contribution in [2.75, 3.05) is 6.54 Å². The average Bonchev–Trinajstić information content (AvgIpc) is 3.11.